The number of aromatic nitrogens is 3. The van der Waals surface area contributed by atoms with Gasteiger partial charge in [0, 0.05) is 13.2 Å². The lowest BCUT2D eigenvalue weighted by Gasteiger charge is -2.26. The summed E-state index contributed by atoms with van der Waals surface area (Å²) in [4.78, 5) is 25.9. The fraction of sp³-hybridized carbons (Fsp3) is 0.562. The quantitative estimate of drug-likeness (QED) is 0.587. The van der Waals surface area contributed by atoms with Crippen molar-refractivity contribution in [1.29, 1.82) is 0 Å². The van der Waals surface area contributed by atoms with Gasteiger partial charge in [-0.15, -0.1) is 0 Å². The maximum atomic E-state index is 12.6. The Balaban J connectivity index is 1.74. The molecule has 0 aromatic carbocycles. The highest BCUT2D eigenvalue weighted by atomic mass is 35.5. The summed E-state index contributed by atoms with van der Waals surface area (Å²) in [5.74, 6) is -1.19. The number of fused-ring (bicyclic) bond motifs is 2. The third-order valence-corrected chi connectivity index (χ3v) is 4.89. The Labute approximate surface area is 154 Å². The fourth-order valence-corrected chi connectivity index (χ4v) is 3.61. The van der Waals surface area contributed by atoms with Crippen molar-refractivity contribution in [2.75, 3.05) is 14.2 Å². The topological polar surface area (TPSA) is 87.9 Å². The van der Waals surface area contributed by atoms with Gasteiger partial charge in [0.25, 0.3) is 5.91 Å². The number of hydroxylamine groups is 2. The van der Waals surface area contributed by atoms with Crippen LogP contribution >= 0.6 is 11.6 Å². The predicted molar refractivity (Wildman–Crippen MR) is 90.1 cm³/mol. The monoisotopic (exact) mass is 382 g/mol. The number of amides is 1. The first kappa shape index (κ1) is 17.6. The van der Waals surface area contributed by atoms with E-state index in [2.05, 4.69) is 9.97 Å². The molecular weight excluding hydrogens is 364 g/mol. The second-order valence-corrected chi connectivity index (χ2v) is 7.01. The van der Waals surface area contributed by atoms with Crippen molar-refractivity contribution >= 4 is 28.5 Å². The number of rotatable bonds is 3. The van der Waals surface area contributed by atoms with Gasteiger partial charge in [-0.2, -0.15) is 0 Å². The zero-order chi connectivity index (χ0) is 18.6. The Morgan fingerprint density at radius 2 is 2.08 bits per heavy atom. The molecule has 2 aromatic heterocycles. The summed E-state index contributed by atoms with van der Waals surface area (Å²) in [6.07, 6.45) is 0.624. The lowest BCUT2D eigenvalue weighted by molar-refractivity contribution is -0.211. The first-order valence-electron chi connectivity index (χ1n) is 8.12. The van der Waals surface area contributed by atoms with Crippen LogP contribution in [0.1, 0.15) is 20.1 Å². The molecule has 0 radical (unpaired) electrons. The molecule has 4 heterocycles. The molecule has 10 heteroatoms. The van der Waals surface area contributed by atoms with Crippen LogP contribution in [0.4, 0.5) is 0 Å². The summed E-state index contributed by atoms with van der Waals surface area (Å²) >= 11 is 6.13. The molecule has 1 amide bonds. The minimum atomic E-state index is -0.869. The molecule has 2 aliphatic rings. The zero-order valence-corrected chi connectivity index (χ0v) is 15.5. The lowest BCUT2D eigenvalue weighted by atomic mass is 10.1. The molecular formula is C16H19ClN4O5. The number of carbonyl (C=O) groups is 1. The van der Waals surface area contributed by atoms with E-state index in [-0.39, 0.29) is 5.91 Å². The predicted octanol–water partition coefficient (Wildman–Crippen LogP) is 1.52. The van der Waals surface area contributed by atoms with Crippen molar-refractivity contribution in [2.45, 2.75) is 44.2 Å². The largest absolute Gasteiger partial charge is 0.341 e. The third kappa shape index (κ3) is 2.67. The number of hydrogen-bond donors (Lipinski definition) is 0. The van der Waals surface area contributed by atoms with Gasteiger partial charge in [-0.3, -0.25) is 9.63 Å². The molecule has 9 nitrogen and oxygen atoms in total. The molecule has 2 aliphatic heterocycles. The van der Waals surface area contributed by atoms with Crippen molar-refractivity contribution in [2.24, 2.45) is 0 Å². The van der Waals surface area contributed by atoms with Gasteiger partial charge >= 0.3 is 0 Å². The number of nitrogens with zero attached hydrogens (tertiary/aromatic N) is 4. The summed E-state index contributed by atoms with van der Waals surface area (Å²) in [6.45, 7) is 3.60. The van der Waals surface area contributed by atoms with E-state index >= 15 is 0 Å². The van der Waals surface area contributed by atoms with Crippen LogP contribution in [0.25, 0.3) is 11.0 Å². The smallest absolute Gasteiger partial charge is 0.277 e. The number of halogens is 1. The van der Waals surface area contributed by atoms with E-state index in [1.54, 1.807) is 30.7 Å². The number of ether oxygens (including phenoxy) is 3. The molecule has 2 fully saturated rings. The molecule has 26 heavy (non-hydrogen) atoms. The first-order chi connectivity index (χ1) is 12.3. The third-order valence-electron chi connectivity index (χ3n) is 4.59. The van der Waals surface area contributed by atoms with Crippen LogP contribution in [-0.2, 0) is 23.8 Å². The van der Waals surface area contributed by atoms with Crippen molar-refractivity contribution in [1.82, 2.24) is 19.6 Å². The van der Waals surface area contributed by atoms with E-state index in [1.807, 2.05) is 0 Å². The van der Waals surface area contributed by atoms with E-state index in [0.717, 1.165) is 5.06 Å². The second kappa shape index (κ2) is 6.14. The van der Waals surface area contributed by atoms with Gasteiger partial charge in [-0.25, -0.2) is 15.0 Å². The molecule has 0 saturated carbocycles. The number of carbonyl (C=O) groups excluding carboxylic acids is 1. The van der Waals surface area contributed by atoms with Gasteiger partial charge in [0.2, 0.25) is 0 Å². The van der Waals surface area contributed by atoms with Crippen LogP contribution in [-0.4, -0.2) is 63.8 Å². The minimum absolute atomic E-state index is 0.346. The van der Waals surface area contributed by atoms with Crippen LogP contribution in [0.5, 0.6) is 0 Å². The fourth-order valence-electron chi connectivity index (χ4n) is 3.41. The average Bonchev–Trinajstić information content (AvgIpc) is 3.24. The molecule has 0 bridgehead atoms. The maximum Gasteiger partial charge on any atom is 0.277 e. The molecule has 0 aliphatic carbocycles. The maximum absolute atomic E-state index is 12.6. The van der Waals surface area contributed by atoms with Crippen LogP contribution in [0.2, 0.25) is 5.15 Å². The Bertz CT molecular complexity index is 856. The summed E-state index contributed by atoms with van der Waals surface area (Å²) in [6, 6.07) is 1.80. The van der Waals surface area contributed by atoms with E-state index < -0.39 is 30.3 Å². The molecule has 4 atom stereocenters. The normalized spacial score (nSPS) is 29.9. The van der Waals surface area contributed by atoms with E-state index in [9.17, 15) is 4.79 Å². The van der Waals surface area contributed by atoms with Crippen molar-refractivity contribution in [3.63, 3.8) is 0 Å². The minimum Gasteiger partial charge on any atom is -0.341 e. The first-order valence-corrected chi connectivity index (χ1v) is 8.50. The van der Waals surface area contributed by atoms with Gasteiger partial charge in [0.15, 0.2) is 18.1 Å². The summed E-state index contributed by atoms with van der Waals surface area (Å²) in [5, 5.41) is 2.15. The number of likely N-dealkylation sites (N-methyl/N-ethyl adjacent to an activating group) is 1. The zero-order valence-electron chi connectivity index (χ0n) is 14.7. The van der Waals surface area contributed by atoms with E-state index in [4.69, 9.17) is 30.6 Å². The highest BCUT2D eigenvalue weighted by molar-refractivity contribution is 6.33. The van der Waals surface area contributed by atoms with Gasteiger partial charge < -0.3 is 18.8 Å². The lowest BCUT2D eigenvalue weighted by Crippen LogP contribution is -2.43. The van der Waals surface area contributed by atoms with Crippen LogP contribution in [0, 0.1) is 0 Å². The number of hydrogen-bond acceptors (Lipinski definition) is 7. The Kier molecular flexibility index (Phi) is 4.16. The second-order valence-electron chi connectivity index (χ2n) is 6.66. The molecule has 2 aromatic rings. The van der Waals surface area contributed by atoms with Gasteiger partial charge in [-0.1, -0.05) is 11.6 Å². The summed E-state index contributed by atoms with van der Waals surface area (Å²) in [5.41, 5.74) is 0.593. The van der Waals surface area contributed by atoms with Crippen LogP contribution in [0.15, 0.2) is 18.6 Å². The molecule has 140 valence electrons. The highest BCUT2D eigenvalue weighted by Crippen LogP contribution is 2.44. The van der Waals surface area contributed by atoms with Gasteiger partial charge in [0.1, 0.15) is 29.3 Å². The summed E-state index contributed by atoms with van der Waals surface area (Å²) < 4.78 is 19.8. The molecule has 0 N–H and O–H groups in total. The molecule has 0 spiro atoms. The molecule has 4 rings (SSSR count). The van der Waals surface area contributed by atoms with Crippen molar-refractivity contribution in [3.8, 4) is 0 Å². The Hall–Kier alpha value is -1.78. The van der Waals surface area contributed by atoms with Crippen molar-refractivity contribution in [3.05, 3.63) is 23.7 Å². The molecule has 2 saturated heterocycles. The van der Waals surface area contributed by atoms with Gasteiger partial charge in [0.05, 0.1) is 12.5 Å². The van der Waals surface area contributed by atoms with Crippen LogP contribution < -0.4 is 0 Å². The summed E-state index contributed by atoms with van der Waals surface area (Å²) in [7, 11) is 2.93. The highest BCUT2D eigenvalue weighted by Gasteiger charge is 2.58. The van der Waals surface area contributed by atoms with E-state index in [0.29, 0.717) is 16.2 Å². The average molecular weight is 383 g/mol. The van der Waals surface area contributed by atoms with Gasteiger partial charge in [-0.05, 0) is 19.9 Å². The molecule has 2 unspecified atom stereocenters. The SMILES string of the molecule is CON(C)C(=O)[C@H]1O[C@@H](n2ccc3c(Cl)ncnc32)C2OC(C)(C)OC21. The standard InChI is InChI=1S/C16H19ClN4O5/c1-16(2)25-9-10(14(22)20(3)23-4)24-15(11(9)26-16)21-6-5-8-12(17)18-7-19-13(8)21/h5-7,9-11,15H,1-4H3/t9?,10-,11?,15+/m0/s1. The van der Waals surface area contributed by atoms with Crippen molar-refractivity contribution < 1.29 is 23.8 Å². The van der Waals surface area contributed by atoms with E-state index in [1.165, 1.54) is 20.5 Å². The van der Waals surface area contributed by atoms with Crippen LogP contribution in [0.3, 0.4) is 0 Å². The Morgan fingerprint density at radius 1 is 1.35 bits per heavy atom. The Morgan fingerprint density at radius 3 is 2.81 bits per heavy atom.